The highest BCUT2D eigenvalue weighted by Gasteiger charge is 2.34. The van der Waals surface area contributed by atoms with Crippen molar-refractivity contribution in [1.29, 1.82) is 0 Å². The lowest BCUT2D eigenvalue weighted by atomic mass is 9.83. The highest BCUT2D eigenvalue weighted by atomic mass is 16.3. The first-order chi connectivity index (χ1) is 7.20. The van der Waals surface area contributed by atoms with E-state index < -0.39 is 0 Å². The standard InChI is InChI=1S/C12H21NO2/c1-13(12(15)9-5-4-6-9)10-7-2-3-8-11(10)14/h9-11,14H,2-8H2,1H3. The van der Waals surface area contributed by atoms with Crippen molar-refractivity contribution in [2.24, 2.45) is 5.92 Å². The minimum atomic E-state index is -0.298. The summed E-state index contributed by atoms with van der Waals surface area (Å²) in [4.78, 5) is 13.8. The van der Waals surface area contributed by atoms with Crippen molar-refractivity contribution < 1.29 is 9.90 Å². The number of carbonyl (C=O) groups is 1. The molecule has 0 saturated heterocycles. The van der Waals surface area contributed by atoms with Crippen molar-refractivity contribution in [3.63, 3.8) is 0 Å². The Morgan fingerprint density at radius 3 is 2.33 bits per heavy atom. The van der Waals surface area contributed by atoms with Crippen molar-refractivity contribution in [1.82, 2.24) is 4.90 Å². The molecule has 0 spiro atoms. The molecule has 0 radical (unpaired) electrons. The van der Waals surface area contributed by atoms with E-state index >= 15 is 0 Å². The van der Waals surface area contributed by atoms with E-state index in [2.05, 4.69) is 0 Å². The van der Waals surface area contributed by atoms with Gasteiger partial charge in [0.05, 0.1) is 12.1 Å². The maximum absolute atomic E-state index is 12.0. The van der Waals surface area contributed by atoms with Crippen molar-refractivity contribution >= 4 is 5.91 Å². The largest absolute Gasteiger partial charge is 0.391 e. The first kappa shape index (κ1) is 10.9. The van der Waals surface area contributed by atoms with Crippen LogP contribution >= 0.6 is 0 Å². The Bertz CT molecular complexity index is 238. The highest BCUT2D eigenvalue weighted by molar-refractivity contribution is 5.79. The van der Waals surface area contributed by atoms with Crippen LogP contribution in [0.3, 0.4) is 0 Å². The van der Waals surface area contributed by atoms with Crippen LogP contribution in [-0.4, -0.2) is 35.1 Å². The second kappa shape index (κ2) is 4.52. The molecule has 0 aromatic heterocycles. The molecule has 0 aromatic rings. The lowest BCUT2D eigenvalue weighted by molar-refractivity contribution is -0.142. The summed E-state index contributed by atoms with van der Waals surface area (Å²) in [6, 6.07) is 0.0758. The Kier molecular flexibility index (Phi) is 3.29. The maximum atomic E-state index is 12.0. The Morgan fingerprint density at radius 2 is 1.80 bits per heavy atom. The smallest absolute Gasteiger partial charge is 0.225 e. The molecular formula is C12H21NO2. The molecule has 2 aliphatic carbocycles. The number of aliphatic hydroxyl groups is 1. The third-order valence-electron chi connectivity index (χ3n) is 3.99. The lowest BCUT2D eigenvalue weighted by Gasteiger charge is -2.38. The molecule has 0 heterocycles. The molecule has 1 N–H and O–H groups in total. The van der Waals surface area contributed by atoms with E-state index in [1.54, 1.807) is 0 Å². The van der Waals surface area contributed by atoms with Gasteiger partial charge in [-0.25, -0.2) is 0 Å². The first-order valence-corrected chi connectivity index (χ1v) is 6.15. The van der Waals surface area contributed by atoms with Gasteiger partial charge >= 0.3 is 0 Å². The number of rotatable bonds is 2. The molecule has 2 unspecified atom stereocenters. The summed E-state index contributed by atoms with van der Waals surface area (Å²) in [6.45, 7) is 0. The average Bonchev–Trinajstić information content (AvgIpc) is 2.15. The maximum Gasteiger partial charge on any atom is 0.225 e. The van der Waals surface area contributed by atoms with Crippen LogP contribution in [0.4, 0.5) is 0 Å². The minimum absolute atomic E-state index is 0.0758. The highest BCUT2D eigenvalue weighted by Crippen LogP contribution is 2.30. The van der Waals surface area contributed by atoms with Gasteiger partial charge in [0.1, 0.15) is 0 Å². The normalized spacial score (nSPS) is 32.1. The fraction of sp³-hybridized carbons (Fsp3) is 0.917. The number of nitrogens with zero attached hydrogens (tertiary/aromatic N) is 1. The van der Waals surface area contributed by atoms with Gasteiger partial charge in [0.25, 0.3) is 0 Å². The van der Waals surface area contributed by atoms with Crippen molar-refractivity contribution in [2.75, 3.05) is 7.05 Å². The fourth-order valence-corrected chi connectivity index (χ4v) is 2.65. The molecule has 2 fully saturated rings. The van der Waals surface area contributed by atoms with E-state index in [4.69, 9.17) is 0 Å². The summed E-state index contributed by atoms with van der Waals surface area (Å²) < 4.78 is 0. The molecule has 3 heteroatoms. The number of carbonyl (C=O) groups excluding carboxylic acids is 1. The Hall–Kier alpha value is -0.570. The average molecular weight is 211 g/mol. The van der Waals surface area contributed by atoms with E-state index in [-0.39, 0.29) is 24.0 Å². The van der Waals surface area contributed by atoms with Gasteiger partial charge < -0.3 is 10.0 Å². The summed E-state index contributed by atoms with van der Waals surface area (Å²) >= 11 is 0. The molecule has 1 amide bonds. The van der Waals surface area contributed by atoms with E-state index in [1.807, 2.05) is 11.9 Å². The number of hydrogen-bond donors (Lipinski definition) is 1. The molecule has 3 nitrogen and oxygen atoms in total. The zero-order chi connectivity index (χ0) is 10.8. The zero-order valence-electron chi connectivity index (χ0n) is 9.48. The Morgan fingerprint density at radius 1 is 1.13 bits per heavy atom. The van der Waals surface area contributed by atoms with Gasteiger partial charge in [-0.1, -0.05) is 19.3 Å². The number of aliphatic hydroxyl groups excluding tert-OH is 1. The van der Waals surface area contributed by atoms with Crippen LogP contribution in [0, 0.1) is 5.92 Å². The summed E-state index contributed by atoms with van der Waals surface area (Å²) in [5.74, 6) is 0.510. The summed E-state index contributed by atoms with van der Waals surface area (Å²) in [5.41, 5.74) is 0. The van der Waals surface area contributed by atoms with Crippen LogP contribution in [0.5, 0.6) is 0 Å². The first-order valence-electron chi connectivity index (χ1n) is 6.15. The van der Waals surface area contributed by atoms with Gasteiger partial charge in [-0.2, -0.15) is 0 Å². The van der Waals surface area contributed by atoms with Crippen molar-refractivity contribution in [3.8, 4) is 0 Å². The van der Waals surface area contributed by atoms with E-state index in [9.17, 15) is 9.90 Å². The van der Waals surface area contributed by atoms with Crippen molar-refractivity contribution in [3.05, 3.63) is 0 Å². The summed E-state index contributed by atoms with van der Waals surface area (Å²) in [5, 5.41) is 9.87. The molecule has 2 saturated carbocycles. The van der Waals surface area contributed by atoms with Crippen LogP contribution in [0.2, 0.25) is 0 Å². The second-order valence-electron chi connectivity index (χ2n) is 5.00. The summed E-state index contributed by atoms with van der Waals surface area (Å²) in [6.07, 6.45) is 7.05. The molecule has 2 rings (SSSR count). The fourth-order valence-electron chi connectivity index (χ4n) is 2.65. The molecule has 86 valence electrons. The third kappa shape index (κ3) is 2.17. The van der Waals surface area contributed by atoms with Gasteiger partial charge in [-0.05, 0) is 25.7 Å². The van der Waals surface area contributed by atoms with Crippen LogP contribution in [0.25, 0.3) is 0 Å². The topological polar surface area (TPSA) is 40.5 Å². The van der Waals surface area contributed by atoms with Crippen LogP contribution in [0.1, 0.15) is 44.9 Å². The SMILES string of the molecule is CN(C(=O)C1CCC1)C1CCCCC1O. The number of hydrogen-bond acceptors (Lipinski definition) is 2. The molecule has 0 bridgehead atoms. The number of amides is 1. The molecule has 0 aliphatic heterocycles. The Balaban J connectivity index is 1.92. The van der Waals surface area contributed by atoms with E-state index in [1.165, 1.54) is 6.42 Å². The quantitative estimate of drug-likeness (QED) is 0.753. The van der Waals surface area contributed by atoms with Gasteiger partial charge in [0.2, 0.25) is 5.91 Å². The lowest BCUT2D eigenvalue weighted by Crippen LogP contribution is -2.49. The zero-order valence-corrected chi connectivity index (χ0v) is 9.48. The van der Waals surface area contributed by atoms with E-state index in [0.29, 0.717) is 0 Å². The van der Waals surface area contributed by atoms with Crippen molar-refractivity contribution in [2.45, 2.75) is 57.1 Å². The predicted molar refractivity (Wildman–Crippen MR) is 58.4 cm³/mol. The second-order valence-corrected chi connectivity index (χ2v) is 5.00. The van der Waals surface area contributed by atoms with Gasteiger partial charge in [-0.3, -0.25) is 4.79 Å². The van der Waals surface area contributed by atoms with Gasteiger partial charge in [0.15, 0.2) is 0 Å². The predicted octanol–water partition coefficient (Wildman–Crippen LogP) is 1.55. The Labute approximate surface area is 91.5 Å². The van der Waals surface area contributed by atoms with Crippen LogP contribution in [-0.2, 0) is 4.79 Å². The molecule has 2 aliphatic rings. The van der Waals surface area contributed by atoms with E-state index in [0.717, 1.165) is 38.5 Å². The number of likely N-dealkylation sites (N-methyl/N-ethyl adjacent to an activating group) is 1. The molecule has 0 aromatic carbocycles. The minimum Gasteiger partial charge on any atom is -0.391 e. The van der Waals surface area contributed by atoms with Crippen LogP contribution in [0.15, 0.2) is 0 Å². The molecular weight excluding hydrogens is 190 g/mol. The van der Waals surface area contributed by atoms with Gasteiger partial charge in [-0.15, -0.1) is 0 Å². The van der Waals surface area contributed by atoms with Gasteiger partial charge in [0, 0.05) is 13.0 Å². The summed E-state index contributed by atoms with van der Waals surface area (Å²) in [7, 11) is 1.86. The van der Waals surface area contributed by atoms with Crippen LogP contribution < -0.4 is 0 Å². The monoisotopic (exact) mass is 211 g/mol. The third-order valence-corrected chi connectivity index (χ3v) is 3.99. The molecule has 15 heavy (non-hydrogen) atoms. The molecule has 2 atom stereocenters.